The summed E-state index contributed by atoms with van der Waals surface area (Å²) in [6.07, 6.45) is 3.74. The summed E-state index contributed by atoms with van der Waals surface area (Å²) in [4.78, 5) is 11.5. The zero-order valence-corrected chi connectivity index (χ0v) is 15.2. The summed E-state index contributed by atoms with van der Waals surface area (Å²) in [5.41, 5.74) is 1.16. The maximum atomic E-state index is 11.5. The van der Waals surface area contributed by atoms with Gasteiger partial charge in [-0.3, -0.25) is 4.79 Å². The molecule has 0 aromatic heterocycles. The highest BCUT2D eigenvalue weighted by Crippen LogP contribution is 2.34. The Bertz CT molecular complexity index is 481. The number of carbonyl (C=O) groups is 1. The highest BCUT2D eigenvalue weighted by atomic mass is 79.9. The van der Waals surface area contributed by atoms with Crippen LogP contribution in [0, 0.1) is 0 Å². The molecular formula is C15H20Br2N2O2. The monoisotopic (exact) mass is 418 g/mol. The molecular weight excluding hydrogens is 400 g/mol. The lowest BCUT2D eigenvalue weighted by atomic mass is 10.2. The van der Waals surface area contributed by atoms with Crippen LogP contribution in [0.3, 0.4) is 0 Å². The van der Waals surface area contributed by atoms with E-state index >= 15 is 0 Å². The molecule has 1 amide bonds. The Morgan fingerprint density at radius 2 is 2.00 bits per heavy atom. The molecule has 0 radical (unpaired) electrons. The van der Waals surface area contributed by atoms with Crippen LogP contribution in [0.2, 0.25) is 0 Å². The van der Waals surface area contributed by atoms with E-state index in [4.69, 9.17) is 4.74 Å². The van der Waals surface area contributed by atoms with Gasteiger partial charge in [-0.05, 0) is 75.4 Å². The van der Waals surface area contributed by atoms with Gasteiger partial charge in [0.1, 0.15) is 5.75 Å². The molecule has 1 aliphatic carbocycles. The van der Waals surface area contributed by atoms with Crippen molar-refractivity contribution >= 4 is 37.8 Å². The summed E-state index contributed by atoms with van der Waals surface area (Å²) in [5.74, 6) is 0.977. The third kappa shape index (κ3) is 5.60. The second kappa shape index (κ2) is 8.15. The Kier molecular flexibility index (Phi) is 6.51. The number of benzene rings is 1. The van der Waals surface area contributed by atoms with Gasteiger partial charge in [-0.15, -0.1) is 0 Å². The highest BCUT2D eigenvalue weighted by molar-refractivity contribution is 9.11. The zero-order valence-electron chi connectivity index (χ0n) is 12.0. The molecule has 0 spiro atoms. The van der Waals surface area contributed by atoms with Gasteiger partial charge in [0.05, 0.1) is 16.1 Å². The van der Waals surface area contributed by atoms with Crippen molar-refractivity contribution < 1.29 is 9.53 Å². The van der Waals surface area contributed by atoms with Gasteiger partial charge in [0, 0.05) is 19.0 Å². The van der Waals surface area contributed by atoms with Gasteiger partial charge in [0.15, 0.2) is 0 Å². The Morgan fingerprint density at radius 1 is 1.33 bits per heavy atom. The summed E-state index contributed by atoms with van der Waals surface area (Å²) in [7, 11) is 1.65. The van der Waals surface area contributed by atoms with Crippen LogP contribution in [-0.2, 0) is 11.3 Å². The molecule has 116 valence electrons. The fourth-order valence-electron chi connectivity index (χ4n) is 2.04. The summed E-state index contributed by atoms with van der Waals surface area (Å²) < 4.78 is 7.14. The number of carbonyl (C=O) groups excluding carboxylic acids is 1. The van der Waals surface area contributed by atoms with E-state index in [-0.39, 0.29) is 5.91 Å². The first kappa shape index (κ1) is 16.8. The van der Waals surface area contributed by atoms with Gasteiger partial charge in [0.25, 0.3) is 0 Å². The van der Waals surface area contributed by atoms with Crippen LogP contribution in [0.25, 0.3) is 0 Å². The lowest BCUT2D eigenvalue weighted by Gasteiger charge is -2.10. The summed E-state index contributed by atoms with van der Waals surface area (Å²) in [5, 5.41) is 6.35. The first-order valence-electron chi connectivity index (χ1n) is 7.12. The van der Waals surface area contributed by atoms with Crippen LogP contribution in [0.5, 0.6) is 5.75 Å². The van der Waals surface area contributed by atoms with E-state index in [2.05, 4.69) is 42.5 Å². The Morgan fingerprint density at radius 3 is 2.57 bits per heavy atom. The summed E-state index contributed by atoms with van der Waals surface area (Å²) in [6.45, 7) is 1.60. The predicted octanol–water partition coefficient (Wildman–Crippen LogP) is 3.37. The van der Waals surface area contributed by atoms with Crippen molar-refractivity contribution in [2.45, 2.75) is 38.3 Å². The fourth-order valence-corrected chi connectivity index (χ4v) is 3.65. The standard InChI is InChI=1S/C15H20Br2N2O2/c1-21-15-12(16)7-10(8-13(15)17)9-18-6-2-3-14(20)19-11-4-5-11/h7-8,11,18H,2-6,9H2,1H3,(H,19,20). The van der Waals surface area contributed by atoms with E-state index in [0.717, 1.165) is 52.6 Å². The van der Waals surface area contributed by atoms with Crippen LogP contribution in [0.1, 0.15) is 31.2 Å². The van der Waals surface area contributed by atoms with E-state index in [1.165, 1.54) is 0 Å². The highest BCUT2D eigenvalue weighted by Gasteiger charge is 2.22. The summed E-state index contributed by atoms with van der Waals surface area (Å²) >= 11 is 6.99. The van der Waals surface area contributed by atoms with Gasteiger partial charge in [-0.25, -0.2) is 0 Å². The van der Waals surface area contributed by atoms with Crippen LogP contribution >= 0.6 is 31.9 Å². The molecule has 0 saturated heterocycles. The van der Waals surface area contributed by atoms with E-state index in [1.807, 2.05) is 12.1 Å². The summed E-state index contributed by atoms with van der Waals surface area (Å²) in [6, 6.07) is 4.53. The molecule has 2 rings (SSSR count). The van der Waals surface area contributed by atoms with Gasteiger partial charge < -0.3 is 15.4 Å². The number of hydrogen-bond donors (Lipinski definition) is 2. The molecule has 6 heteroatoms. The van der Waals surface area contributed by atoms with Crippen molar-refractivity contribution in [1.82, 2.24) is 10.6 Å². The predicted molar refractivity (Wildman–Crippen MR) is 90.5 cm³/mol. The van der Waals surface area contributed by atoms with Gasteiger partial charge in [-0.1, -0.05) is 0 Å². The molecule has 4 nitrogen and oxygen atoms in total. The largest absolute Gasteiger partial charge is 0.494 e. The third-order valence-corrected chi connectivity index (χ3v) is 4.47. The molecule has 2 N–H and O–H groups in total. The Hall–Kier alpha value is -0.590. The molecule has 0 atom stereocenters. The first-order valence-corrected chi connectivity index (χ1v) is 8.70. The molecule has 0 aliphatic heterocycles. The van der Waals surface area contributed by atoms with Crippen molar-refractivity contribution in [3.05, 3.63) is 26.6 Å². The number of hydrogen-bond acceptors (Lipinski definition) is 3. The number of rotatable bonds is 8. The van der Waals surface area contributed by atoms with E-state index in [0.29, 0.717) is 12.5 Å². The second-order valence-electron chi connectivity index (χ2n) is 5.21. The number of halogens is 2. The minimum Gasteiger partial charge on any atom is -0.494 e. The average Bonchev–Trinajstić information content (AvgIpc) is 3.22. The molecule has 0 unspecified atom stereocenters. The molecule has 1 aromatic rings. The molecule has 1 aliphatic rings. The molecule has 0 heterocycles. The third-order valence-electron chi connectivity index (χ3n) is 3.29. The average molecular weight is 420 g/mol. The van der Waals surface area contributed by atoms with Gasteiger partial charge >= 0.3 is 0 Å². The Labute approximate surface area is 142 Å². The molecule has 1 aromatic carbocycles. The minimum atomic E-state index is 0.175. The minimum absolute atomic E-state index is 0.175. The fraction of sp³-hybridized carbons (Fsp3) is 0.533. The van der Waals surface area contributed by atoms with E-state index in [1.54, 1.807) is 7.11 Å². The van der Waals surface area contributed by atoms with Crippen molar-refractivity contribution in [3.8, 4) is 5.75 Å². The lowest BCUT2D eigenvalue weighted by molar-refractivity contribution is -0.121. The quantitative estimate of drug-likeness (QED) is 0.635. The van der Waals surface area contributed by atoms with Crippen LogP contribution in [0.15, 0.2) is 21.1 Å². The molecule has 0 bridgehead atoms. The Balaban J connectivity index is 1.67. The van der Waals surface area contributed by atoms with Crippen molar-refractivity contribution in [2.24, 2.45) is 0 Å². The van der Waals surface area contributed by atoms with E-state index in [9.17, 15) is 4.79 Å². The van der Waals surface area contributed by atoms with Crippen LogP contribution in [0.4, 0.5) is 0 Å². The first-order chi connectivity index (χ1) is 10.1. The maximum absolute atomic E-state index is 11.5. The number of nitrogens with one attached hydrogen (secondary N) is 2. The van der Waals surface area contributed by atoms with Crippen molar-refractivity contribution in [3.63, 3.8) is 0 Å². The van der Waals surface area contributed by atoms with Gasteiger partial charge in [0.2, 0.25) is 5.91 Å². The van der Waals surface area contributed by atoms with Crippen LogP contribution in [-0.4, -0.2) is 25.6 Å². The normalized spacial score (nSPS) is 14.0. The van der Waals surface area contributed by atoms with Crippen molar-refractivity contribution in [1.29, 1.82) is 0 Å². The zero-order chi connectivity index (χ0) is 15.2. The topological polar surface area (TPSA) is 50.4 Å². The number of methoxy groups -OCH3 is 1. The molecule has 21 heavy (non-hydrogen) atoms. The number of amides is 1. The maximum Gasteiger partial charge on any atom is 0.220 e. The second-order valence-corrected chi connectivity index (χ2v) is 6.92. The molecule has 1 saturated carbocycles. The lowest BCUT2D eigenvalue weighted by Crippen LogP contribution is -2.26. The molecule has 1 fully saturated rings. The van der Waals surface area contributed by atoms with Crippen LogP contribution < -0.4 is 15.4 Å². The van der Waals surface area contributed by atoms with E-state index < -0.39 is 0 Å². The number of ether oxygens (including phenoxy) is 1. The smallest absolute Gasteiger partial charge is 0.220 e. The van der Waals surface area contributed by atoms with Crippen molar-refractivity contribution in [2.75, 3.05) is 13.7 Å². The van der Waals surface area contributed by atoms with Gasteiger partial charge in [-0.2, -0.15) is 0 Å². The SMILES string of the molecule is COc1c(Br)cc(CNCCCC(=O)NC2CC2)cc1Br.